The molecule has 0 radical (unpaired) electrons. The first-order valence-electron chi connectivity index (χ1n) is 7.70. The number of urea groups is 1. The molecule has 1 fully saturated rings. The van der Waals surface area contributed by atoms with Crippen molar-refractivity contribution >= 4 is 21.7 Å². The number of carbonyl (C=O) groups excluding carboxylic acids is 1. The maximum Gasteiger partial charge on any atom is 0.321 e. The fourth-order valence-electron chi connectivity index (χ4n) is 2.51. The van der Waals surface area contributed by atoms with Crippen molar-refractivity contribution in [2.24, 2.45) is 5.14 Å². The van der Waals surface area contributed by atoms with Gasteiger partial charge in [-0.3, -0.25) is 0 Å². The predicted molar refractivity (Wildman–Crippen MR) is 87.7 cm³/mol. The summed E-state index contributed by atoms with van der Waals surface area (Å²) in [4.78, 5) is 14.0. The molecule has 2 amide bonds. The highest BCUT2D eigenvalue weighted by molar-refractivity contribution is 7.89. The Morgan fingerprint density at radius 1 is 1.43 bits per heavy atom. The molecule has 3 N–H and O–H groups in total. The molecule has 1 aromatic rings. The van der Waals surface area contributed by atoms with Gasteiger partial charge in [-0.05, 0) is 44.4 Å². The molecule has 1 aromatic carbocycles. The van der Waals surface area contributed by atoms with Gasteiger partial charge in [0.15, 0.2) is 0 Å². The van der Waals surface area contributed by atoms with Crippen LogP contribution in [0.1, 0.15) is 26.2 Å². The summed E-state index contributed by atoms with van der Waals surface area (Å²) in [7, 11) is -3.79. The summed E-state index contributed by atoms with van der Waals surface area (Å²) in [6, 6.07) is 5.61. The van der Waals surface area contributed by atoms with Gasteiger partial charge in [-0.2, -0.15) is 0 Å². The zero-order chi connectivity index (χ0) is 16.9. The molecule has 7 nitrogen and oxygen atoms in total. The molecule has 0 bridgehead atoms. The second-order valence-electron chi connectivity index (χ2n) is 5.53. The van der Waals surface area contributed by atoms with Crippen LogP contribution >= 0.6 is 0 Å². The van der Waals surface area contributed by atoms with E-state index in [2.05, 4.69) is 5.32 Å². The molecule has 0 aliphatic carbocycles. The van der Waals surface area contributed by atoms with Gasteiger partial charge in [0.2, 0.25) is 10.0 Å². The molecule has 1 aliphatic rings. The number of hydrogen-bond acceptors (Lipinski definition) is 4. The number of sulfonamides is 1. The summed E-state index contributed by atoms with van der Waals surface area (Å²) < 4.78 is 28.4. The number of benzene rings is 1. The van der Waals surface area contributed by atoms with Crippen LogP contribution in [-0.4, -0.2) is 45.1 Å². The lowest BCUT2D eigenvalue weighted by molar-refractivity contribution is 0.00221. The Hall–Kier alpha value is -1.64. The number of amides is 2. The molecule has 8 heteroatoms. The van der Waals surface area contributed by atoms with Crippen molar-refractivity contribution in [3.05, 3.63) is 24.3 Å². The zero-order valence-corrected chi connectivity index (χ0v) is 14.0. The van der Waals surface area contributed by atoms with E-state index in [1.165, 1.54) is 18.2 Å². The van der Waals surface area contributed by atoms with E-state index in [9.17, 15) is 13.2 Å². The number of primary sulfonamides is 1. The van der Waals surface area contributed by atoms with Gasteiger partial charge < -0.3 is 15.0 Å². The van der Waals surface area contributed by atoms with Crippen LogP contribution in [0, 0.1) is 0 Å². The van der Waals surface area contributed by atoms with Crippen molar-refractivity contribution in [2.45, 2.75) is 37.2 Å². The number of carbonyl (C=O) groups is 1. The van der Waals surface area contributed by atoms with Crippen molar-refractivity contribution < 1.29 is 17.9 Å². The minimum atomic E-state index is -3.79. The normalized spacial score (nSPS) is 18.4. The van der Waals surface area contributed by atoms with E-state index in [1.807, 2.05) is 6.92 Å². The standard InChI is InChI=1S/C15H23N3O4S/c1-2-18(11-13-7-3-4-9-22-13)15(19)17-12-6-5-8-14(10-12)23(16,20)21/h5-6,8,10,13H,2-4,7,9,11H2,1H3,(H,17,19)(H2,16,20,21)/t13-/m0/s1. The average Bonchev–Trinajstić information content (AvgIpc) is 2.53. The Bertz CT molecular complexity index is 642. The summed E-state index contributed by atoms with van der Waals surface area (Å²) in [6.45, 7) is 3.70. The van der Waals surface area contributed by atoms with E-state index in [1.54, 1.807) is 11.0 Å². The van der Waals surface area contributed by atoms with Crippen LogP contribution in [0.25, 0.3) is 0 Å². The van der Waals surface area contributed by atoms with Crippen LogP contribution in [0.2, 0.25) is 0 Å². The quantitative estimate of drug-likeness (QED) is 0.852. The van der Waals surface area contributed by atoms with Crippen LogP contribution in [0.3, 0.4) is 0 Å². The largest absolute Gasteiger partial charge is 0.376 e. The first-order valence-corrected chi connectivity index (χ1v) is 9.25. The molecule has 23 heavy (non-hydrogen) atoms. The smallest absolute Gasteiger partial charge is 0.321 e. The van der Waals surface area contributed by atoms with Crippen LogP contribution in [0.15, 0.2) is 29.2 Å². The number of hydrogen-bond donors (Lipinski definition) is 2. The fraction of sp³-hybridized carbons (Fsp3) is 0.533. The predicted octanol–water partition coefficient (Wildman–Crippen LogP) is 1.76. The minimum Gasteiger partial charge on any atom is -0.376 e. The van der Waals surface area contributed by atoms with Crippen molar-refractivity contribution in [3.8, 4) is 0 Å². The molecule has 128 valence electrons. The van der Waals surface area contributed by atoms with E-state index < -0.39 is 10.0 Å². The fourth-order valence-corrected chi connectivity index (χ4v) is 3.07. The lowest BCUT2D eigenvalue weighted by atomic mass is 10.1. The van der Waals surface area contributed by atoms with Crippen molar-refractivity contribution in [1.29, 1.82) is 0 Å². The Labute approximate surface area is 136 Å². The molecular formula is C15H23N3O4S. The first-order chi connectivity index (χ1) is 10.9. The molecule has 1 heterocycles. The Kier molecular flexibility index (Phi) is 5.97. The van der Waals surface area contributed by atoms with Gasteiger partial charge in [0.05, 0.1) is 11.0 Å². The Balaban J connectivity index is 2.01. The number of ether oxygens (including phenoxy) is 1. The number of rotatable bonds is 5. The summed E-state index contributed by atoms with van der Waals surface area (Å²) in [6.07, 6.45) is 3.19. The van der Waals surface area contributed by atoms with Crippen LogP contribution in [0.4, 0.5) is 10.5 Å². The first kappa shape index (κ1) is 17.7. The molecule has 0 unspecified atom stereocenters. The molecule has 2 rings (SSSR count). The molecule has 1 saturated heterocycles. The van der Waals surface area contributed by atoms with Gasteiger partial charge in [-0.25, -0.2) is 18.4 Å². The molecule has 0 saturated carbocycles. The number of nitrogens with two attached hydrogens (primary N) is 1. The molecule has 1 aliphatic heterocycles. The van der Waals surface area contributed by atoms with Gasteiger partial charge in [-0.1, -0.05) is 6.07 Å². The van der Waals surface area contributed by atoms with Gasteiger partial charge >= 0.3 is 6.03 Å². The highest BCUT2D eigenvalue weighted by atomic mass is 32.2. The van der Waals surface area contributed by atoms with Gasteiger partial charge in [0, 0.05) is 25.4 Å². The number of nitrogens with zero attached hydrogens (tertiary/aromatic N) is 1. The lowest BCUT2D eigenvalue weighted by Crippen LogP contribution is -2.41. The maximum atomic E-state index is 12.4. The summed E-state index contributed by atoms with van der Waals surface area (Å²) in [5.41, 5.74) is 0.393. The van der Waals surface area contributed by atoms with Crippen molar-refractivity contribution in [3.63, 3.8) is 0 Å². The summed E-state index contributed by atoms with van der Waals surface area (Å²) in [5, 5.41) is 7.81. The topological polar surface area (TPSA) is 102 Å². The van der Waals surface area contributed by atoms with E-state index in [0.717, 1.165) is 25.9 Å². The van der Waals surface area contributed by atoms with Crippen molar-refractivity contribution in [2.75, 3.05) is 25.0 Å². The SMILES string of the molecule is CCN(C[C@@H]1CCCCO1)C(=O)Nc1cccc(S(N)(=O)=O)c1. The maximum absolute atomic E-state index is 12.4. The van der Waals surface area contributed by atoms with Gasteiger partial charge in [0.25, 0.3) is 0 Å². The Morgan fingerprint density at radius 2 is 2.22 bits per heavy atom. The molecular weight excluding hydrogens is 318 g/mol. The Morgan fingerprint density at radius 3 is 2.83 bits per heavy atom. The lowest BCUT2D eigenvalue weighted by Gasteiger charge is -2.29. The highest BCUT2D eigenvalue weighted by Crippen LogP contribution is 2.17. The number of likely N-dealkylation sites (N-methyl/N-ethyl adjacent to an activating group) is 1. The van der Waals surface area contributed by atoms with E-state index in [0.29, 0.717) is 18.8 Å². The zero-order valence-electron chi connectivity index (χ0n) is 13.2. The van der Waals surface area contributed by atoms with Crippen LogP contribution < -0.4 is 10.5 Å². The van der Waals surface area contributed by atoms with Crippen LogP contribution in [0.5, 0.6) is 0 Å². The van der Waals surface area contributed by atoms with Gasteiger partial charge in [0.1, 0.15) is 0 Å². The third-order valence-corrected chi connectivity index (χ3v) is 4.69. The number of nitrogens with one attached hydrogen (secondary N) is 1. The van der Waals surface area contributed by atoms with Gasteiger partial charge in [-0.15, -0.1) is 0 Å². The third kappa shape index (κ3) is 5.19. The second kappa shape index (κ2) is 7.76. The van der Waals surface area contributed by atoms with Crippen LogP contribution in [-0.2, 0) is 14.8 Å². The minimum absolute atomic E-state index is 0.0334. The molecule has 1 atom stereocenters. The molecule has 0 aromatic heterocycles. The summed E-state index contributed by atoms with van der Waals surface area (Å²) in [5.74, 6) is 0. The van der Waals surface area contributed by atoms with E-state index in [4.69, 9.17) is 9.88 Å². The second-order valence-corrected chi connectivity index (χ2v) is 7.09. The van der Waals surface area contributed by atoms with Crippen molar-refractivity contribution in [1.82, 2.24) is 4.90 Å². The monoisotopic (exact) mass is 341 g/mol. The third-order valence-electron chi connectivity index (χ3n) is 3.78. The van der Waals surface area contributed by atoms with E-state index >= 15 is 0 Å². The van der Waals surface area contributed by atoms with E-state index in [-0.39, 0.29) is 17.0 Å². The number of anilines is 1. The average molecular weight is 341 g/mol. The highest BCUT2D eigenvalue weighted by Gasteiger charge is 2.20. The summed E-state index contributed by atoms with van der Waals surface area (Å²) >= 11 is 0. The molecule has 0 spiro atoms.